The van der Waals surface area contributed by atoms with Crippen LogP contribution in [0.2, 0.25) is 0 Å². The fourth-order valence-corrected chi connectivity index (χ4v) is 3.03. The second-order valence-corrected chi connectivity index (χ2v) is 5.92. The predicted molar refractivity (Wildman–Crippen MR) is 86.6 cm³/mol. The summed E-state index contributed by atoms with van der Waals surface area (Å²) in [6.45, 7) is 0. The molecule has 0 aliphatic heterocycles. The van der Waals surface area contributed by atoms with E-state index < -0.39 is 5.97 Å². The van der Waals surface area contributed by atoms with Crippen molar-refractivity contribution in [2.24, 2.45) is 0 Å². The lowest BCUT2D eigenvalue weighted by atomic mass is 9.91. The molecular formula is C17H20N4O3. The molecule has 1 amide bonds. The van der Waals surface area contributed by atoms with Crippen LogP contribution in [0.1, 0.15) is 52.4 Å². The number of benzene rings is 1. The third kappa shape index (κ3) is 3.61. The Bertz CT molecular complexity index is 689. The van der Waals surface area contributed by atoms with Gasteiger partial charge in [-0.3, -0.25) is 4.79 Å². The van der Waals surface area contributed by atoms with Crippen LogP contribution in [-0.2, 0) is 4.74 Å². The Morgan fingerprint density at radius 2 is 1.79 bits per heavy atom. The normalized spacial score (nSPS) is 20.4. The van der Waals surface area contributed by atoms with Gasteiger partial charge >= 0.3 is 5.97 Å². The van der Waals surface area contributed by atoms with Crippen LogP contribution in [0.4, 0.5) is 0 Å². The van der Waals surface area contributed by atoms with Crippen LogP contribution in [0.3, 0.4) is 0 Å². The maximum absolute atomic E-state index is 12.3. The van der Waals surface area contributed by atoms with E-state index in [1.165, 1.54) is 7.11 Å². The Morgan fingerprint density at radius 1 is 1.12 bits per heavy atom. The lowest BCUT2D eigenvalue weighted by Crippen LogP contribution is -2.38. The number of methoxy groups -OCH3 is 1. The number of carbonyl (C=O) groups is 2. The average molecular weight is 328 g/mol. The summed E-state index contributed by atoms with van der Waals surface area (Å²) in [5, 5.41) is 7.25. The molecule has 1 aliphatic carbocycles. The fraction of sp³-hybridized carbons (Fsp3) is 0.412. The molecule has 0 atom stereocenters. The van der Waals surface area contributed by atoms with Crippen LogP contribution < -0.4 is 5.32 Å². The first-order valence-electron chi connectivity index (χ1n) is 8.00. The van der Waals surface area contributed by atoms with E-state index >= 15 is 0 Å². The van der Waals surface area contributed by atoms with Crippen molar-refractivity contribution in [2.45, 2.75) is 37.8 Å². The molecule has 0 radical (unpaired) electrons. The minimum Gasteiger partial charge on any atom is -0.465 e. The summed E-state index contributed by atoms with van der Waals surface area (Å²) >= 11 is 0. The van der Waals surface area contributed by atoms with Gasteiger partial charge in [0.2, 0.25) is 0 Å². The molecule has 1 N–H and O–H groups in total. The number of rotatable bonds is 4. The van der Waals surface area contributed by atoms with Crippen molar-refractivity contribution in [3.63, 3.8) is 0 Å². The van der Waals surface area contributed by atoms with E-state index in [0.717, 1.165) is 25.7 Å². The van der Waals surface area contributed by atoms with Gasteiger partial charge in [0.1, 0.15) is 12.7 Å². The van der Waals surface area contributed by atoms with Gasteiger partial charge in [0.05, 0.1) is 18.7 Å². The van der Waals surface area contributed by atoms with E-state index in [-0.39, 0.29) is 11.9 Å². The molecule has 2 aromatic rings. The molecule has 1 fully saturated rings. The van der Waals surface area contributed by atoms with Gasteiger partial charge in [0.25, 0.3) is 5.91 Å². The Morgan fingerprint density at radius 3 is 2.38 bits per heavy atom. The highest BCUT2D eigenvalue weighted by atomic mass is 16.5. The van der Waals surface area contributed by atoms with Crippen LogP contribution in [-0.4, -0.2) is 39.8 Å². The van der Waals surface area contributed by atoms with E-state index in [9.17, 15) is 9.59 Å². The summed E-state index contributed by atoms with van der Waals surface area (Å²) in [5.41, 5.74) is 0.975. The molecule has 0 saturated heterocycles. The number of hydrogen-bond donors (Lipinski definition) is 1. The van der Waals surface area contributed by atoms with Crippen LogP contribution in [0, 0.1) is 0 Å². The molecule has 126 valence electrons. The molecule has 1 aromatic carbocycles. The number of hydrogen-bond acceptors (Lipinski definition) is 5. The minimum absolute atomic E-state index is 0.115. The van der Waals surface area contributed by atoms with Gasteiger partial charge < -0.3 is 10.1 Å². The SMILES string of the molecule is COC(=O)c1ccc(C(=O)NC2CCC(n3cncn3)CC2)cc1. The van der Waals surface area contributed by atoms with Gasteiger partial charge in [-0.15, -0.1) is 0 Å². The summed E-state index contributed by atoms with van der Waals surface area (Å²) in [6.07, 6.45) is 7.05. The second kappa shape index (κ2) is 7.25. The van der Waals surface area contributed by atoms with Gasteiger partial charge in [-0.1, -0.05) is 0 Å². The molecule has 7 heteroatoms. The van der Waals surface area contributed by atoms with Crippen molar-refractivity contribution in [2.75, 3.05) is 7.11 Å². The number of aromatic nitrogens is 3. The molecule has 3 rings (SSSR count). The summed E-state index contributed by atoms with van der Waals surface area (Å²) < 4.78 is 6.54. The third-order valence-electron chi connectivity index (χ3n) is 4.41. The van der Waals surface area contributed by atoms with E-state index in [1.54, 1.807) is 36.9 Å². The Balaban J connectivity index is 1.53. The zero-order valence-corrected chi connectivity index (χ0v) is 13.5. The number of amides is 1. The monoisotopic (exact) mass is 328 g/mol. The highest BCUT2D eigenvalue weighted by molar-refractivity contribution is 5.96. The summed E-state index contributed by atoms with van der Waals surface area (Å²) in [7, 11) is 1.33. The Labute approximate surface area is 140 Å². The van der Waals surface area contributed by atoms with Gasteiger partial charge in [-0.05, 0) is 49.9 Å². The number of carbonyl (C=O) groups excluding carboxylic acids is 2. The second-order valence-electron chi connectivity index (χ2n) is 5.92. The van der Waals surface area contributed by atoms with E-state index in [2.05, 4.69) is 20.1 Å². The largest absolute Gasteiger partial charge is 0.465 e. The van der Waals surface area contributed by atoms with Gasteiger partial charge in [0.15, 0.2) is 0 Å². The summed E-state index contributed by atoms with van der Waals surface area (Å²) in [6, 6.07) is 7.01. The van der Waals surface area contributed by atoms with Gasteiger partial charge in [0, 0.05) is 11.6 Å². The summed E-state index contributed by atoms with van der Waals surface area (Å²) in [4.78, 5) is 27.7. The molecule has 1 aromatic heterocycles. The first-order valence-corrected chi connectivity index (χ1v) is 8.00. The van der Waals surface area contributed by atoms with Crippen molar-refractivity contribution < 1.29 is 14.3 Å². The smallest absolute Gasteiger partial charge is 0.337 e. The zero-order valence-electron chi connectivity index (χ0n) is 13.5. The Kier molecular flexibility index (Phi) is 4.88. The topological polar surface area (TPSA) is 86.1 Å². The lowest BCUT2D eigenvalue weighted by Gasteiger charge is -2.29. The van der Waals surface area contributed by atoms with Crippen LogP contribution in [0.5, 0.6) is 0 Å². The highest BCUT2D eigenvalue weighted by Crippen LogP contribution is 2.27. The van der Waals surface area contributed by atoms with Crippen LogP contribution >= 0.6 is 0 Å². The Hall–Kier alpha value is -2.70. The van der Waals surface area contributed by atoms with E-state index in [0.29, 0.717) is 17.2 Å². The number of esters is 1. The van der Waals surface area contributed by atoms with Crippen LogP contribution in [0.25, 0.3) is 0 Å². The molecule has 1 saturated carbocycles. The number of ether oxygens (including phenoxy) is 1. The van der Waals surface area contributed by atoms with Gasteiger partial charge in [-0.2, -0.15) is 5.10 Å². The first kappa shape index (κ1) is 16.2. The van der Waals surface area contributed by atoms with Crippen molar-refractivity contribution in [3.8, 4) is 0 Å². The molecule has 0 unspecified atom stereocenters. The number of nitrogens with one attached hydrogen (secondary N) is 1. The maximum atomic E-state index is 12.3. The molecular weight excluding hydrogens is 308 g/mol. The van der Waals surface area contributed by atoms with Crippen molar-refractivity contribution in [1.82, 2.24) is 20.1 Å². The summed E-state index contributed by atoms with van der Waals surface area (Å²) in [5.74, 6) is -0.524. The predicted octanol–water partition coefficient (Wildman–Crippen LogP) is 1.98. The lowest BCUT2D eigenvalue weighted by molar-refractivity contribution is 0.0600. The standard InChI is InChI=1S/C17H20N4O3/c1-24-17(23)13-4-2-12(3-5-13)16(22)20-14-6-8-15(9-7-14)21-11-18-10-19-21/h2-5,10-11,14-15H,6-9H2,1H3,(H,20,22). The average Bonchev–Trinajstić information content (AvgIpc) is 3.16. The molecule has 1 aliphatic rings. The first-order chi connectivity index (χ1) is 11.7. The van der Waals surface area contributed by atoms with Gasteiger partial charge in [-0.25, -0.2) is 14.5 Å². The van der Waals surface area contributed by atoms with Crippen molar-refractivity contribution >= 4 is 11.9 Å². The van der Waals surface area contributed by atoms with Crippen LogP contribution in [0.15, 0.2) is 36.9 Å². The molecule has 0 bridgehead atoms. The highest BCUT2D eigenvalue weighted by Gasteiger charge is 2.24. The van der Waals surface area contributed by atoms with Crippen molar-refractivity contribution in [1.29, 1.82) is 0 Å². The molecule has 7 nitrogen and oxygen atoms in total. The zero-order chi connectivity index (χ0) is 16.9. The number of nitrogens with zero attached hydrogens (tertiary/aromatic N) is 3. The fourth-order valence-electron chi connectivity index (χ4n) is 3.03. The minimum atomic E-state index is -0.409. The van der Waals surface area contributed by atoms with Crippen molar-refractivity contribution in [3.05, 3.63) is 48.0 Å². The molecule has 1 heterocycles. The van der Waals surface area contributed by atoms with E-state index in [1.807, 2.05) is 4.68 Å². The van der Waals surface area contributed by atoms with E-state index in [4.69, 9.17) is 0 Å². The third-order valence-corrected chi connectivity index (χ3v) is 4.41. The molecule has 0 spiro atoms. The maximum Gasteiger partial charge on any atom is 0.337 e. The molecule has 24 heavy (non-hydrogen) atoms. The quantitative estimate of drug-likeness (QED) is 0.867.